The Bertz CT molecular complexity index is 794. The molecule has 26 heavy (non-hydrogen) atoms. The Labute approximate surface area is 158 Å². The number of nitrogens with zero attached hydrogens (tertiary/aromatic N) is 3. The van der Waals surface area contributed by atoms with Crippen LogP contribution in [0.4, 0.5) is 5.69 Å². The molecule has 0 aliphatic heterocycles. The Hall–Kier alpha value is -2.41. The second-order valence-corrected chi connectivity index (χ2v) is 7.08. The van der Waals surface area contributed by atoms with Crippen molar-refractivity contribution in [3.8, 4) is 0 Å². The molecule has 0 unspecified atom stereocenters. The molecule has 138 valence electrons. The number of carbonyl (C=O) groups is 2. The van der Waals surface area contributed by atoms with Crippen LogP contribution in [0.15, 0.2) is 35.4 Å². The van der Waals surface area contributed by atoms with Gasteiger partial charge in [0.25, 0.3) is 5.91 Å². The van der Waals surface area contributed by atoms with Crippen molar-refractivity contribution in [3.05, 3.63) is 47.4 Å². The van der Waals surface area contributed by atoms with E-state index in [1.165, 1.54) is 16.7 Å². The fourth-order valence-electron chi connectivity index (χ4n) is 2.42. The first kappa shape index (κ1) is 19.9. The van der Waals surface area contributed by atoms with Gasteiger partial charge in [-0.2, -0.15) is 0 Å². The summed E-state index contributed by atoms with van der Waals surface area (Å²) in [5.41, 5.74) is 1.79. The van der Waals surface area contributed by atoms with E-state index in [1.807, 2.05) is 38.3 Å². The Kier molecular flexibility index (Phi) is 6.74. The van der Waals surface area contributed by atoms with Gasteiger partial charge in [0.2, 0.25) is 5.91 Å². The number of amides is 2. The lowest BCUT2D eigenvalue weighted by Gasteiger charge is -2.20. The van der Waals surface area contributed by atoms with Gasteiger partial charge in [0.15, 0.2) is 0 Å². The van der Waals surface area contributed by atoms with Crippen LogP contribution in [0.3, 0.4) is 0 Å². The molecule has 1 aromatic carbocycles. The number of para-hydroxylation sites is 1. The molecule has 1 N–H and O–H groups in total. The molecule has 1 heterocycles. The van der Waals surface area contributed by atoms with Crippen molar-refractivity contribution in [2.75, 3.05) is 25.2 Å². The highest BCUT2D eigenvalue weighted by molar-refractivity contribution is 7.98. The minimum Gasteiger partial charge on any atom is -0.332 e. The maximum absolute atomic E-state index is 12.9. The molecule has 0 spiro atoms. The molecule has 0 radical (unpaired) electrons. The maximum Gasteiger partial charge on any atom is 0.258 e. The molecule has 0 aliphatic carbocycles. The number of hydrogen-bond donors (Lipinski definition) is 1. The van der Waals surface area contributed by atoms with Gasteiger partial charge in [-0.25, -0.2) is 9.97 Å². The lowest BCUT2D eigenvalue weighted by Crippen LogP contribution is -2.36. The lowest BCUT2D eigenvalue weighted by molar-refractivity contribution is -0.116. The van der Waals surface area contributed by atoms with E-state index in [1.54, 1.807) is 26.1 Å². The fraction of sp³-hybridized carbons (Fsp3) is 0.368. The Morgan fingerprint density at radius 3 is 2.42 bits per heavy atom. The van der Waals surface area contributed by atoms with Crippen LogP contribution in [0.1, 0.15) is 41.6 Å². The van der Waals surface area contributed by atoms with Crippen molar-refractivity contribution < 1.29 is 9.59 Å². The van der Waals surface area contributed by atoms with Gasteiger partial charge in [0.1, 0.15) is 10.9 Å². The Morgan fingerprint density at radius 2 is 1.85 bits per heavy atom. The lowest BCUT2D eigenvalue weighted by atomic mass is 10.1. The minimum absolute atomic E-state index is 0.0487. The van der Waals surface area contributed by atoms with Gasteiger partial charge in [0.05, 0.1) is 17.8 Å². The SMILES string of the molecule is CSc1nc(C(C)C)nc(C)c1C(=O)N(C)CC(=O)Nc1ccccc1. The molecular weight excluding hydrogens is 348 g/mol. The van der Waals surface area contributed by atoms with Gasteiger partial charge in [0, 0.05) is 18.7 Å². The van der Waals surface area contributed by atoms with Gasteiger partial charge in [-0.05, 0) is 25.3 Å². The number of rotatable bonds is 6. The average molecular weight is 372 g/mol. The van der Waals surface area contributed by atoms with Gasteiger partial charge in [-0.15, -0.1) is 11.8 Å². The summed E-state index contributed by atoms with van der Waals surface area (Å²) >= 11 is 1.41. The quantitative estimate of drug-likeness (QED) is 0.622. The minimum atomic E-state index is -0.259. The third-order valence-corrected chi connectivity index (χ3v) is 4.46. The summed E-state index contributed by atoms with van der Waals surface area (Å²) in [5.74, 6) is 0.381. The van der Waals surface area contributed by atoms with E-state index in [4.69, 9.17) is 0 Å². The van der Waals surface area contributed by atoms with Gasteiger partial charge < -0.3 is 10.2 Å². The topological polar surface area (TPSA) is 75.2 Å². The maximum atomic E-state index is 12.9. The molecular formula is C19H24N4O2S. The first-order chi connectivity index (χ1) is 12.3. The van der Waals surface area contributed by atoms with Crippen LogP contribution in [-0.2, 0) is 4.79 Å². The summed E-state index contributed by atoms with van der Waals surface area (Å²) < 4.78 is 0. The van der Waals surface area contributed by atoms with Crippen molar-refractivity contribution in [2.45, 2.75) is 31.7 Å². The molecule has 2 aromatic rings. The van der Waals surface area contributed by atoms with Crippen LogP contribution in [0.5, 0.6) is 0 Å². The molecule has 0 aliphatic rings. The van der Waals surface area contributed by atoms with E-state index in [0.717, 1.165) is 0 Å². The zero-order valence-corrected chi connectivity index (χ0v) is 16.6. The van der Waals surface area contributed by atoms with Crippen LogP contribution in [0.2, 0.25) is 0 Å². The van der Waals surface area contributed by atoms with Crippen molar-refractivity contribution in [1.29, 1.82) is 0 Å². The Morgan fingerprint density at radius 1 is 1.19 bits per heavy atom. The average Bonchev–Trinajstić information content (AvgIpc) is 2.60. The highest BCUT2D eigenvalue weighted by Gasteiger charge is 2.23. The first-order valence-electron chi connectivity index (χ1n) is 8.36. The van der Waals surface area contributed by atoms with Gasteiger partial charge >= 0.3 is 0 Å². The van der Waals surface area contributed by atoms with Gasteiger partial charge in [-0.1, -0.05) is 32.0 Å². The van der Waals surface area contributed by atoms with E-state index in [-0.39, 0.29) is 24.3 Å². The molecule has 1 aromatic heterocycles. The number of likely N-dealkylation sites (N-methyl/N-ethyl adjacent to an activating group) is 1. The van der Waals surface area contributed by atoms with Crippen LogP contribution >= 0.6 is 11.8 Å². The number of hydrogen-bond acceptors (Lipinski definition) is 5. The highest BCUT2D eigenvalue weighted by atomic mass is 32.2. The van der Waals surface area contributed by atoms with Crippen molar-refractivity contribution in [2.24, 2.45) is 0 Å². The smallest absolute Gasteiger partial charge is 0.258 e. The standard InChI is InChI=1S/C19H24N4O2S/c1-12(2)17-20-13(3)16(18(22-17)26-5)19(25)23(4)11-15(24)21-14-9-7-6-8-10-14/h6-10,12H,11H2,1-5H3,(H,21,24). The largest absolute Gasteiger partial charge is 0.332 e. The van der Waals surface area contributed by atoms with Crippen molar-refractivity contribution in [3.63, 3.8) is 0 Å². The van der Waals surface area contributed by atoms with Crippen LogP contribution < -0.4 is 5.32 Å². The highest BCUT2D eigenvalue weighted by Crippen LogP contribution is 2.24. The molecule has 0 fully saturated rings. The van der Waals surface area contributed by atoms with E-state index in [9.17, 15) is 9.59 Å². The van der Waals surface area contributed by atoms with Gasteiger partial charge in [-0.3, -0.25) is 9.59 Å². The summed E-state index contributed by atoms with van der Waals surface area (Å²) in [5, 5.41) is 3.42. The number of aromatic nitrogens is 2. The van der Waals surface area contributed by atoms with Crippen molar-refractivity contribution in [1.82, 2.24) is 14.9 Å². The molecule has 2 rings (SSSR count). The molecule has 0 bridgehead atoms. The van der Waals surface area contributed by atoms with E-state index in [0.29, 0.717) is 27.8 Å². The van der Waals surface area contributed by atoms with Crippen LogP contribution in [0, 0.1) is 6.92 Å². The zero-order valence-electron chi connectivity index (χ0n) is 15.7. The molecule has 7 heteroatoms. The number of aryl methyl sites for hydroxylation is 1. The molecule has 6 nitrogen and oxygen atoms in total. The third kappa shape index (κ3) is 4.82. The number of thioether (sulfide) groups is 1. The monoisotopic (exact) mass is 372 g/mol. The summed E-state index contributed by atoms with van der Waals surface area (Å²) in [6, 6.07) is 9.15. The van der Waals surface area contributed by atoms with E-state index < -0.39 is 0 Å². The molecule has 0 atom stereocenters. The first-order valence-corrected chi connectivity index (χ1v) is 9.58. The number of nitrogens with one attached hydrogen (secondary N) is 1. The zero-order chi connectivity index (χ0) is 19.3. The van der Waals surface area contributed by atoms with Crippen LogP contribution in [-0.4, -0.2) is 46.5 Å². The second kappa shape index (κ2) is 8.80. The van der Waals surface area contributed by atoms with Crippen LogP contribution in [0.25, 0.3) is 0 Å². The van der Waals surface area contributed by atoms with E-state index >= 15 is 0 Å². The number of carbonyl (C=O) groups excluding carboxylic acids is 2. The normalized spacial score (nSPS) is 10.7. The summed E-state index contributed by atoms with van der Waals surface area (Å²) in [7, 11) is 1.60. The molecule has 0 saturated carbocycles. The number of benzene rings is 1. The molecule has 0 saturated heterocycles. The predicted octanol–water partition coefficient (Wildman–Crippen LogP) is 3.34. The summed E-state index contributed by atoms with van der Waals surface area (Å²) in [6.45, 7) is 5.78. The molecule has 2 amide bonds. The summed E-state index contributed by atoms with van der Waals surface area (Å²) in [6.07, 6.45) is 1.88. The predicted molar refractivity (Wildman–Crippen MR) is 105 cm³/mol. The second-order valence-electron chi connectivity index (χ2n) is 6.28. The fourth-order valence-corrected chi connectivity index (χ4v) is 3.04. The van der Waals surface area contributed by atoms with Crippen molar-refractivity contribution >= 4 is 29.3 Å². The number of anilines is 1. The Balaban J connectivity index is 2.16. The summed E-state index contributed by atoms with van der Waals surface area (Å²) in [4.78, 5) is 35.4. The third-order valence-electron chi connectivity index (χ3n) is 3.78. The van der Waals surface area contributed by atoms with E-state index in [2.05, 4.69) is 15.3 Å².